The van der Waals surface area contributed by atoms with Crippen LogP contribution in [0, 0.1) is 13.8 Å². The van der Waals surface area contributed by atoms with Crippen molar-refractivity contribution in [2.45, 2.75) is 26.9 Å². The third kappa shape index (κ3) is 2.71. The topological polar surface area (TPSA) is 42.0 Å². The fourth-order valence-electron chi connectivity index (χ4n) is 1.39. The molecule has 0 spiro atoms. The Balaban J connectivity index is 3.38. The monoisotopic (exact) mass is 232 g/mol. The molecule has 1 aromatic rings. The maximum Gasteiger partial charge on any atom is 0.418 e. The van der Waals surface area contributed by atoms with E-state index in [9.17, 15) is 18.0 Å². The van der Waals surface area contributed by atoms with Crippen molar-refractivity contribution in [3.63, 3.8) is 0 Å². The fourth-order valence-corrected chi connectivity index (χ4v) is 1.39. The molecular weight excluding hydrogens is 221 g/mol. The molecule has 1 rings (SSSR count). The predicted molar refractivity (Wildman–Crippen MR) is 53.0 cm³/mol. The van der Waals surface area contributed by atoms with Gasteiger partial charge in [-0.2, -0.15) is 13.2 Å². The maximum absolute atomic E-state index is 12.7. The number of amides is 1. The number of aryl methyl sites for hydroxylation is 2. The van der Waals surface area contributed by atoms with Crippen LogP contribution in [0.4, 0.5) is 18.9 Å². The summed E-state index contributed by atoms with van der Waals surface area (Å²) >= 11 is 0. The standard InChI is InChI=1S/C10H11F3N2O/c1-5-4-8(10(11,12)13)9(6(2)14-5)15-7(3)16/h4H,1-3H3,(H,15,16). The van der Waals surface area contributed by atoms with Gasteiger partial charge < -0.3 is 5.32 Å². The number of carbonyl (C=O) groups excluding carboxylic acids is 1. The molecular formula is C10H11F3N2O. The molecule has 0 bridgehead atoms. The molecule has 1 N–H and O–H groups in total. The number of hydrogen-bond donors (Lipinski definition) is 1. The fraction of sp³-hybridized carbons (Fsp3) is 0.400. The van der Waals surface area contributed by atoms with Crippen LogP contribution >= 0.6 is 0 Å². The Morgan fingerprint density at radius 1 is 1.38 bits per heavy atom. The first kappa shape index (κ1) is 12.5. The molecule has 0 aliphatic rings. The molecule has 0 unspecified atom stereocenters. The lowest BCUT2D eigenvalue weighted by atomic mass is 10.1. The maximum atomic E-state index is 12.7. The smallest absolute Gasteiger partial charge is 0.324 e. The molecule has 88 valence electrons. The second-order valence-electron chi connectivity index (χ2n) is 3.45. The summed E-state index contributed by atoms with van der Waals surface area (Å²) in [5.41, 5.74) is -0.722. The third-order valence-electron chi connectivity index (χ3n) is 1.93. The molecule has 0 fully saturated rings. The van der Waals surface area contributed by atoms with E-state index < -0.39 is 17.6 Å². The van der Waals surface area contributed by atoms with Gasteiger partial charge in [-0.1, -0.05) is 0 Å². The Bertz CT molecular complexity index is 427. The highest BCUT2D eigenvalue weighted by Crippen LogP contribution is 2.36. The zero-order valence-electron chi connectivity index (χ0n) is 9.07. The van der Waals surface area contributed by atoms with E-state index >= 15 is 0 Å². The van der Waals surface area contributed by atoms with Crippen LogP contribution in [0.1, 0.15) is 23.9 Å². The number of pyridine rings is 1. The lowest BCUT2D eigenvalue weighted by Gasteiger charge is -2.15. The molecule has 0 aromatic carbocycles. The van der Waals surface area contributed by atoms with E-state index in [1.807, 2.05) is 0 Å². The average Bonchev–Trinajstić information content (AvgIpc) is 2.06. The van der Waals surface area contributed by atoms with Crippen molar-refractivity contribution in [2.24, 2.45) is 0 Å². The summed E-state index contributed by atoms with van der Waals surface area (Å²) in [5, 5.41) is 2.15. The summed E-state index contributed by atoms with van der Waals surface area (Å²) in [4.78, 5) is 14.7. The van der Waals surface area contributed by atoms with Crippen molar-refractivity contribution in [1.29, 1.82) is 0 Å². The van der Waals surface area contributed by atoms with E-state index in [0.717, 1.165) is 13.0 Å². The van der Waals surface area contributed by atoms with Crippen LogP contribution in [0.2, 0.25) is 0 Å². The number of hydrogen-bond acceptors (Lipinski definition) is 2. The number of nitrogens with one attached hydrogen (secondary N) is 1. The van der Waals surface area contributed by atoms with Gasteiger partial charge in [0.1, 0.15) is 0 Å². The predicted octanol–water partition coefficient (Wildman–Crippen LogP) is 2.68. The minimum absolute atomic E-state index is 0.155. The third-order valence-corrected chi connectivity index (χ3v) is 1.93. The SMILES string of the molecule is CC(=O)Nc1c(C(F)(F)F)cc(C)nc1C. The molecule has 0 aliphatic heterocycles. The molecule has 0 atom stereocenters. The van der Waals surface area contributed by atoms with Gasteiger partial charge >= 0.3 is 6.18 Å². The van der Waals surface area contributed by atoms with Crippen LogP contribution in [-0.4, -0.2) is 10.9 Å². The van der Waals surface area contributed by atoms with E-state index in [4.69, 9.17) is 0 Å². The Hall–Kier alpha value is -1.59. The summed E-state index contributed by atoms with van der Waals surface area (Å²) in [6.45, 7) is 4.05. The molecule has 0 saturated carbocycles. The minimum atomic E-state index is -4.50. The highest BCUT2D eigenvalue weighted by molar-refractivity contribution is 5.90. The van der Waals surface area contributed by atoms with Gasteiger partial charge in [0, 0.05) is 12.6 Å². The second kappa shape index (κ2) is 4.11. The number of rotatable bonds is 1. The van der Waals surface area contributed by atoms with Gasteiger partial charge in [0.25, 0.3) is 0 Å². The van der Waals surface area contributed by atoms with Crippen molar-refractivity contribution in [3.8, 4) is 0 Å². The van der Waals surface area contributed by atoms with E-state index in [1.54, 1.807) is 0 Å². The Kier molecular flexibility index (Phi) is 3.21. The van der Waals surface area contributed by atoms with Crippen molar-refractivity contribution in [2.75, 3.05) is 5.32 Å². The van der Waals surface area contributed by atoms with Gasteiger partial charge in [-0.25, -0.2) is 0 Å². The van der Waals surface area contributed by atoms with Crippen LogP contribution in [0.3, 0.4) is 0 Å². The highest BCUT2D eigenvalue weighted by Gasteiger charge is 2.35. The van der Waals surface area contributed by atoms with E-state index in [-0.39, 0.29) is 17.1 Å². The van der Waals surface area contributed by atoms with Gasteiger partial charge in [0.15, 0.2) is 0 Å². The van der Waals surface area contributed by atoms with Gasteiger partial charge in [-0.05, 0) is 19.9 Å². The van der Waals surface area contributed by atoms with Crippen molar-refractivity contribution >= 4 is 11.6 Å². The first-order valence-corrected chi connectivity index (χ1v) is 4.55. The number of carbonyl (C=O) groups is 1. The summed E-state index contributed by atoms with van der Waals surface area (Å²) in [5.74, 6) is -0.556. The molecule has 0 radical (unpaired) electrons. The summed E-state index contributed by atoms with van der Waals surface area (Å²) in [7, 11) is 0. The summed E-state index contributed by atoms with van der Waals surface area (Å²) in [6.07, 6.45) is -4.50. The Morgan fingerprint density at radius 2 is 1.94 bits per heavy atom. The van der Waals surface area contributed by atoms with Crippen LogP contribution in [-0.2, 0) is 11.0 Å². The van der Waals surface area contributed by atoms with Crippen molar-refractivity contribution in [1.82, 2.24) is 4.98 Å². The zero-order chi connectivity index (χ0) is 12.5. The van der Waals surface area contributed by atoms with Crippen molar-refractivity contribution < 1.29 is 18.0 Å². The Morgan fingerprint density at radius 3 is 2.38 bits per heavy atom. The first-order chi connectivity index (χ1) is 7.21. The number of alkyl halides is 3. The molecule has 1 heterocycles. The zero-order valence-corrected chi connectivity index (χ0v) is 9.07. The highest BCUT2D eigenvalue weighted by atomic mass is 19.4. The van der Waals surface area contributed by atoms with Crippen LogP contribution in [0.5, 0.6) is 0 Å². The minimum Gasteiger partial charge on any atom is -0.324 e. The molecule has 1 aromatic heterocycles. The lowest BCUT2D eigenvalue weighted by Crippen LogP contribution is -2.16. The summed E-state index contributed by atoms with van der Waals surface area (Å²) < 4.78 is 38.0. The average molecular weight is 232 g/mol. The van der Waals surface area contributed by atoms with Crippen LogP contribution in [0.25, 0.3) is 0 Å². The van der Waals surface area contributed by atoms with E-state index in [0.29, 0.717) is 0 Å². The molecule has 0 saturated heterocycles. The molecule has 6 heteroatoms. The second-order valence-corrected chi connectivity index (χ2v) is 3.45. The van der Waals surface area contributed by atoms with Gasteiger partial charge in [0.2, 0.25) is 5.91 Å². The normalized spacial score (nSPS) is 11.4. The molecule has 3 nitrogen and oxygen atoms in total. The number of nitrogens with zero attached hydrogens (tertiary/aromatic N) is 1. The van der Waals surface area contributed by atoms with Crippen LogP contribution in [0.15, 0.2) is 6.07 Å². The Labute approximate surface area is 90.7 Å². The quantitative estimate of drug-likeness (QED) is 0.808. The number of halogens is 3. The van der Waals surface area contributed by atoms with Crippen LogP contribution < -0.4 is 5.32 Å². The van der Waals surface area contributed by atoms with E-state index in [2.05, 4.69) is 10.3 Å². The van der Waals surface area contributed by atoms with Gasteiger partial charge in [-0.15, -0.1) is 0 Å². The molecule has 0 aliphatic carbocycles. The number of anilines is 1. The lowest BCUT2D eigenvalue weighted by molar-refractivity contribution is -0.137. The molecule has 1 amide bonds. The molecule has 16 heavy (non-hydrogen) atoms. The van der Waals surface area contributed by atoms with Crippen molar-refractivity contribution in [3.05, 3.63) is 23.0 Å². The van der Waals surface area contributed by atoms with Gasteiger partial charge in [-0.3, -0.25) is 9.78 Å². The largest absolute Gasteiger partial charge is 0.418 e. The first-order valence-electron chi connectivity index (χ1n) is 4.55. The number of aromatic nitrogens is 1. The van der Waals surface area contributed by atoms with E-state index in [1.165, 1.54) is 13.8 Å². The van der Waals surface area contributed by atoms with Gasteiger partial charge in [0.05, 0.1) is 16.9 Å². The summed E-state index contributed by atoms with van der Waals surface area (Å²) in [6, 6.07) is 0.915.